The SMILES string of the molecule is c1ccc(-c2cccc(N(c3ccc(-c4cccc5c4oc4ccccc45)cc3)c3ccccc3-c3ccccc3-c3ccccc3-n3c4ccccc4c4ccccc43)c2)cc1. The summed E-state index contributed by atoms with van der Waals surface area (Å²) in [4.78, 5) is 2.41. The average Bonchev–Trinajstić information content (AvgIpc) is 3.91. The van der Waals surface area contributed by atoms with Crippen LogP contribution in [-0.4, -0.2) is 4.57 Å². The minimum absolute atomic E-state index is 0.899. The third-order valence-corrected chi connectivity index (χ3v) is 12.4. The monoisotopic (exact) mass is 804 g/mol. The molecule has 12 aromatic rings. The maximum absolute atomic E-state index is 6.48. The molecule has 0 radical (unpaired) electrons. The highest BCUT2D eigenvalue weighted by atomic mass is 16.3. The lowest BCUT2D eigenvalue weighted by molar-refractivity contribution is 0.670. The summed E-state index contributed by atoms with van der Waals surface area (Å²) in [5.41, 5.74) is 17.6. The van der Waals surface area contributed by atoms with Crippen molar-refractivity contribution in [3.8, 4) is 50.2 Å². The summed E-state index contributed by atoms with van der Waals surface area (Å²) in [6.45, 7) is 0. The highest BCUT2D eigenvalue weighted by molar-refractivity contribution is 6.11. The molecule has 0 aliphatic carbocycles. The zero-order valence-electron chi connectivity index (χ0n) is 34.4. The molecule has 0 saturated carbocycles. The van der Waals surface area contributed by atoms with E-state index in [0.717, 1.165) is 83.6 Å². The smallest absolute Gasteiger partial charge is 0.143 e. The van der Waals surface area contributed by atoms with Crippen LogP contribution in [0.2, 0.25) is 0 Å². The lowest BCUT2D eigenvalue weighted by atomic mass is 9.92. The molecule has 0 atom stereocenters. The van der Waals surface area contributed by atoms with Crippen molar-refractivity contribution in [1.82, 2.24) is 4.57 Å². The molecule has 2 aromatic heterocycles. The first-order valence-corrected chi connectivity index (χ1v) is 21.5. The van der Waals surface area contributed by atoms with Crippen molar-refractivity contribution in [3.05, 3.63) is 243 Å². The van der Waals surface area contributed by atoms with Crippen LogP contribution in [0.25, 0.3) is 93.9 Å². The quantitative estimate of drug-likeness (QED) is 0.153. The van der Waals surface area contributed by atoms with Gasteiger partial charge in [-0.15, -0.1) is 0 Å². The maximum Gasteiger partial charge on any atom is 0.143 e. The summed E-state index contributed by atoms with van der Waals surface area (Å²) in [6, 6.07) is 87.1. The fraction of sp³-hybridized carbons (Fsp3) is 0. The molecule has 0 aliphatic rings. The molecule has 0 unspecified atom stereocenters. The molecule has 0 fully saturated rings. The van der Waals surface area contributed by atoms with E-state index in [-0.39, 0.29) is 0 Å². The second-order valence-electron chi connectivity index (χ2n) is 16.0. The second-order valence-corrected chi connectivity index (χ2v) is 16.0. The van der Waals surface area contributed by atoms with E-state index in [0.29, 0.717) is 0 Å². The van der Waals surface area contributed by atoms with Gasteiger partial charge in [0.25, 0.3) is 0 Å². The number of hydrogen-bond acceptors (Lipinski definition) is 2. The van der Waals surface area contributed by atoms with Gasteiger partial charge in [-0.2, -0.15) is 0 Å². The van der Waals surface area contributed by atoms with Crippen LogP contribution in [0.5, 0.6) is 0 Å². The Labute approximate surface area is 366 Å². The average molecular weight is 805 g/mol. The summed E-state index contributed by atoms with van der Waals surface area (Å²) in [5.74, 6) is 0. The topological polar surface area (TPSA) is 21.3 Å². The number of benzene rings is 10. The first kappa shape index (κ1) is 36.5. The molecule has 0 saturated heterocycles. The van der Waals surface area contributed by atoms with E-state index in [1.165, 1.54) is 27.4 Å². The predicted molar refractivity (Wildman–Crippen MR) is 264 cm³/mol. The van der Waals surface area contributed by atoms with Crippen molar-refractivity contribution < 1.29 is 4.42 Å². The third-order valence-electron chi connectivity index (χ3n) is 12.4. The zero-order chi connectivity index (χ0) is 41.7. The molecule has 10 aromatic carbocycles. The lowest BCUT2D eigenvalue weighted by Gasteiger charge is -2.29. The van der Waals surface area contributed by atoms with Gasteiger partial charge in [0.1, 0.15) is 11.2 Å². The van der Waals surface area contributed by atoms with Crippen LogP contribution in [0.3, 0.4) is 0 Å². The predicted octanol–water partition coefficient (Wildman–Crippen LogP) is 16.8. The van der Waals surface area contributed by atoms with Crippen molar-refractivity contribution in [2.45, 2.75) is 0 Å². The minimum atomic E-state index is 0.899. The van der Waals surface area contributed by atoms with Gasteiger partial charge in [-0.1, -0.05) is 188 Å². The minimum Gasteiger partial charge on any atom is -0.455 e. The van der Waals surface area contributed by atoms with Gasteiger partial charge in [0.05, 0.1) is 22.4 Å². The van der Waals surface area contributed by atoms with Crippen molar-refractivity contribution in [1.29, 1.82) is 0 Å². The van der Waals surface area contributed by atoms with E-state index in [1.54, 1.807) is 0 Å². The highest BCUT2D eigenvalue weighted by Crippen LogP contribution is 2.46. The van der Waals surface area contributed by atoms with Crippen LogP contribution in [-0.2, 0) is 0 Å². The van der Waals surface area contributed by atoms with Gasteiger partial charge < -0.3 is 13.9 Å². The summed E-state index contributed by atoms with van der Waals surface area (Å²) in [6.07, 6.45) is 0. The standard InChI is InChI=1S/C60H40N2O/c1-2-18-41(19-3-1)43-20-16-21-45(40-43)61(44-38-36-42(37-39-44)46-29-17-30-54-53-28-10-15-35-59(53)63-60(46)54)55-31-11-6-24-49(55)47-22-4-5-23-48(47)50-25-7-12-32-56(50)62-57-33-13-8-26-51(57)52-27-9-14-34-58(52)62/h1-40H. The molecular weight excluding hydrogens is 765 g/mol. The maximum atomic E-state index is 6.48. The molecule has 3 heteroatoms. The Hall–Kier alpha value is -8.40. The van der Waals surface area contributed by atoms with E-state index >= 15 is 0 Å². The molecule has 0 aliphatic heterocycles. The lowest BCUT2D eigenvalue weighted by Crippen LogP contribution is -2.11. The Kier molecular flexibility index (Phi) is 8.83. The van der Waals surface area contributed by atoms with Gasteiger partial charge in [-0.25, -0.2) is 0 Å². The number of para-hydroxylation sites is 6. The number of anilines is 3. The summed E-state index contributed by atoms with van der Waals surface area (Å²) < 4.78 is 8.91. The number of fused-ring (bicyclic) bond motifs is 6. The summed E-state index contributed by atoms with van der Waals surface area (Å²) in [5, 5.41) is 4.74. The molecule has 12 rings (SSSR count). The van der Waals surface area contributed by atoms with E-state index in [2.05, 4.69) is 240 Å². The van der Waals surface area contributed by atoms with Crippen LogP contribution in [0, 0.1) is 0 Å². The number of nitrogens with zero attached hydrogens (tertiary/aromatic N) is 2. The first-order valence-electron chi connectivity index (χ1n) is 21.5. The first-order chi connectivity index (χ1) is 31.3. The highest BCUT2D eigenvalue weighted by Gasteiger charge is 2.22. The molecule has 2 heterocycles. The van der Waals surface area contributed by atoms with Gasteiger partial charge in [0.15, 0.2) is 0 Å². The fourth-order valence-corrected chi connectivity index (χ4v) is 9.57. The molecule has 0 spiro atoms. The van der Waals surface area contributed by atoms with Crippen molar-refractivity contribution >= 4 is 60.8 Å². The van der Waals surface area contributed by atoms with E-state index in [9.17, 15) is 0 Å². The van der Waals surface area contributed by atoms with Crippen LogP contribution in [0.4, 0.5) is 17.1 Å². The van der Waals surface area contributed by atoms with Crippen LogP contribution < -0.4 is 4.90 Å². The number of furan rings is 1. The van der Waals surface area contributed by atoms with E-state index in [4.69, 9.17) is 4.42 Å². The summed E-state index contributed by atoms with van der Waals surface area (Å²) in [7, 11) is 0. The van der Waals surface area contributed by atoms with Crippen LogP contribution >= 0.6 is 0 Å². The Bertz CT molecular complexity index is 3580. The summed E-state index contributed by atoms with van der Waals surface area (Å²) >= 11 is 0. The Morgan fingerprint density at radius 1 is 0.317 bits per heavy atom. The number of rotatable bonds is 8. The third kappa shape index (κ3) is 6.21. The van der Waals surface area contributed by atoms with Gasteiger partial charge in [-0.05, 0) is 82.4 Å². The van der Waals surface area contributed by atoms with Crippen LogP contribution in [0.1, 0.15) is 0 Å². The largest absolute Gasteiger partial charge is 0.455 e. The van der Waals surface area contributed by atoms with Crippen molar-refractivity contribution in [3.63, 3.8) is 0 Å². The molecule has 3 nitrogen and oxygen atoms in total. The normalized spacial score (nSPS) is 11.5. The van der Waals surface area contributed by atoms with Gasteiger partial charge in [0.2, 0.25) is 0 Å². The molecule has 0 bridgehead atoms. The fourth-order valence-electron chi connectivity index (χ4n) is 9.57. The van der Waals surface area contributed by atoms with Crippen molar-refractivity contribution in [2.75, 3.05) is 4.90 Å². The molecule has 0 amide bonds. The zero-order valence-corrected chi connectivity index (χ0v) is 34.4. The van der Waals surface area contributed by atoms with E-state index < -0.39 is 0 Å². The van der Waals surface area contributed by atoms with Gasteiger partial charge in [0, 0.05) is 49.6 Å². The molecule has 0 N–H and O–H groups in total. The van der Waals surface area contributed by atoms with Gasteiger partial charge in [-0.3, -0.25) is 0 Å². The number of aromatic nitrogens is 1. The molecule has 296 valence electrons. The Morgan fingerprint density at radius 3 is 1.62 bits per heavy atom. The second kappa shape index (κ2) is 15.3. The van der Waals surface area contributed by atoms with E-state index in [1.807, 2.05) is 12.1 Å². The Morgan fingerprint density at radius 2 is 0.857 bits per heavy atom. The Balaban J connectivity index is 1.04. The molecular formula is C60H40N2O. The van der Waals surface area contributed by atoms with Gasteiger partial charge >= 0.3 is 0 Å². The molecule has 63 heavy (non-hydrogen) atoms. The van der Waals surface area contributed by atoms with Crippen molar-refractivity contribution in [2.24, 2.45) is 0 Å². The number of hydrogen-bond donors (Lipinski definition) is 0. The van der Waals surface area contributed by atoms with Crippen LogP contribution in [0.15, 0.2) is 247 Å².